The first-order chi connectivity index (χ1) is 14.5. The number of aromatic nitrogens is 3. The maximum absolute atomic E-state index is 12.3. The van der Waals surface area contributed by atoms with E-state index in [-0.39, 0.29) is 0 Å². The number of primary amides is 1. The van der Waals surface area contributed by atoms with Crippen molar-refractivity contribution in [3.05, 3.63) is 54.1 Å². The van der Waals surface area contributed by atoms with Crippen molar-refractivity contribution in [3.63, 3.8) is 0 Å². The molecule has 0 spiro atoms. The van der Waals surface area contributed by atoms with Gasteiger partial charge in [-0.05, 0) is 55.8 Å². The molecule has 2 atom stereocenters. The Labute approximate surface area is 174 Å². The van der Waals surface area contributed by atoms with Crippen LogP contribution in [0.2, 0.25) is 0 Å². The van der Waals surface area contributed by atoms with E-state index in [0.717, 1.165) is 22.6 Å². The molecule has 2 heterocycles. The summed E-state index contributed by atoms with van der Waals surface area (Å²) in [5, 5.41) is 4.68. The molecular formula is C22H23N5O3. The Morgan fingerprint density at radius 2 is 1.77 bits per heavy atom. The van der Waals surface area contributed by atoms with Gasteiger partial charge in [-0.3, -0.25) is 4.79 Å². The zero-order valence-electron chi connectivity index (χ0n) is 17.1. The molecule has 8 heteroatoms. The first-order valence-corrected chi connectivity index (χ1v) is 9.70. The first kappa shape index (κ1) is 19.6. The average molecular weight is 405 g/mol. The smallest absolute Gasteiger partial charge is 0.248 e. The van der Waals surface area contributed by atoms with Crippen molar-refractivity contribution in [2.45, 2.75) is 19.9 Å². The number of benzene rings is 2. The second kappa shape index (κ2) is 7.98. The maximum Gasteiger partial charge on any atom is 0.248 e. The van der Waals surface area contributed by atoms with Crippen LogP contribution in [-0.2, 0) is 4.79 Å². The van der Waals surface area contributed by atoms with Gasteiger partial charge in [0, 0.05) is 11.3 Å². The summed E-state index contributed by atoms with van der Waals surface area (Å²) in [4.78, 5) is 21.4. The molecule has 0 fully saturated rings. The molecule has 0 saturated heterocycles. The van der Waals surface area contributed by atoms with Crippen molar-refractivity contribution >= 4 is 17.6 Å². The minimum Gasteiger partial charge on any atom is -0.497 e. The molecule has 154 valence electrons. The highest BCUT2D eigenvalue weighted by Crippen LogP contribution is 2.37. The van der Waals surface area contributed by atoms with Crippen molar-refractivity contribution in [1.82, 2.24) is 14.8 Å². The number of nitrogens with zero attached hydrogens (tertiary/aromatic N) is 4. The lowest BCUT2D eigenvalue weighted by Gasteiger charge is -2.29. The van der Waals surface area contributed by atoms with E-state index in [2.05, 4.69) is 15.1 Å². The molecule has 30 heavy (non-hydrogen) atoms. The number of nitrogens with two attached hydrogens (primary N) is 1. The van der Waals surface area contributed by atoms with Gasteiger partial charge in [-0.2, -0.15) is 4.98 Å². The van der Waals surface area contributed by atoms with Crippen LogP contribution in [0.5, 0.6) is 11.5 Å². The fourth-order valence-corrected chi connectivity index (χ4v) is 3.66. The summed E-state index contributed by atoms with van der Waals surface area (Å²) in [5.74, 6) is 1.39. The molecule has 1 amide bonds. The van der Waals surface area contributed by atoms with Crippen molar-refractivity contribution in [2.24, 2.45) is 16.6 Å². The van der Waals surface area contributed by atoms with Crippen molar-refractivity contribution in [2.75, 3.05) is 13.7 Å². The summed E-state index contributed by atoms with van der Waals surface area (Å²) < 4.78 is 12.4. The maximum atomic E-state index is 12.3. The van der Waals surface area contributed by atoms with Crippen LogP contribution in [0, 0.1) is 5.92 Å². The molecule has 2 unspecified atom stereocenters. The Kier molecular flexibility index (Phi) is 5.22. The number of hydrogen-bond acceptors (Lipinski definition) is 6. The average Bonchev–Trinajstić information content (AvgIpc) is 3.17. The lowest BCUT2D eigenvalue weighted by atomic mass is 9.88. The van der Waals surface area contributed by atoms with Gasteiger partial charge in [-0.1, -0.05) is 12.1 Å². The number of rotatable bonds is 6. The molecule has 0 aliphatic carbocycles. The van der Waals surface area contributed by atoms with Gasteiger partial charge in [0.05, 0.1) is 19.8 Å². The quantitative estimate of drug-likeness (QED) is 0.678. The van der Waals surface area contributed by atoms with E-state index in [4.69, 9.17) is 15.2 Å². The number of aliphatic imine (C=N–C) groups is 1. The minimum absolute atomic E-state index is 0.440. The molecule has 1 aliphatic heterocycles. The Morgan fingerprint density at radius 3 is 2.37 bits per heavy atom. The van der Waals surface area contributed by atoms with Crippen LogP contribution in [0.25, 0.3) is 11.4 Å². The van der Waals surface area contributed by atoms with Gasteiger partial charge in [0.2, 0.25) is 11.9 Å². The molecular weight excluding hydrogens is 382 g/mol. The fourth-order valence-electron chi connectivity index (χ4n) is 3.66. The van der Waals surface area contributed by atoms with E-state index in [9.17, 15) is 4.79 Å². The Bertz CT molecular complexity index is 1090. The van der Waals surface area contributed by atoms with Gasteiger partial charge in [-0.25, -0.2) is 9.67 Å². The van der Waals surface area contributed by atoms with Crippen molar-refractivity contribution < 1.29 is 14.3 Å². The molecule has 0 saturated carbocycles. The summed E-state index contributed by atoms with van der Waals surface area (Å²) in [7, 11) is 1.62. The van der Waals surface area contributed by atoms with E-state index in [1.165, 1.54) is 0 Å². The predicted octanol–water partition coefficient (Wildman–Crippen LogP) is 3.15. The number of amides is 1. The third kappa shape index (κ3) is 3.52. The highest BCUT2D eigenvalue weighted by Gasteiger charge is 2.38. The number of hydrogen-bond donors (Lipinski definition) is 1. The zero-order valence-corrected chi connectivity index (χ0v) is 17.1. The molecule has 0 radical (unpaired) electrons. The molecule has 8 nitrogen and oxygen atoms in total. The summed E-state index contributed by atoms with van der Waals surface area (Å²) in [6, 6.07) is 14.6. The van der Waals surface area contributed by atoms with E-state index in [0.29, 0.717) is 24.1 Å². The minimum atomic E-state index is -0.624. The summed E-state index contributed by atoms with van der Waals surface area (Å²) in [5.41, 5.74) is 8.07. The number of methoxy groups -OCH3 is 1. The van der Waals surface area contributed by atoms with Crippen LogP contribution < -0.4 is 15.2 Å². The molecule has 2 aromatic carbocycles. The van der Waals surface area contributed by atoms with E-state index in [1.54, 1.807) is 18.7 Å². The zero-order chi connectivity index (χ0) is 21.3. The molecule has 2 N–H and O–H groups in total. The van der Waals surface area contributed by atoms with Gasteiger partial charge < -0.3 is 15.2 Å². The highest BCUT2D eigenvalue weighted by atomic mass is 16.5. The van der Waals surface area contributed by atoms with Crippen LogP contribution in [0.4, 0.5) is 5.95 Å². The number of carbonyl (C=O) groups is 1. The van der Waals surface area contributed by atoms with Gasteiger partial charge in [0.25, 0.3) is 0 Å². The normalized spacial score (nSPS) is 17.8. The van der Waals surface area contributed by atoms with E-state index >= 15 is 0 Å². The largest absolute Gasteiger partial charge is 0.497 e. The topological polar surface area (TPSA) is 105 Å². The summed E-state index contributed by atoms with van der Waals surface area (Å²) >= 11 is 0. The molecule has 3 aromatic rings. The summed E-state index contributed by atoms with van der Waals surface area (Å²) in [6.45, 7) is 4.31. The van der Waals surface area contributed by atoms with Crippen molar-refractivity contribution in [3.8, 4) is 22.9 Å². The van der Waals surface area contributed by atoms with Gasteiger partial charge >= 0.3 is 0 Å². The van der Waals surface area contributed by atoms with E-state index < -0.39 is 17.9 Å². The van der Waals surface area contributed by atoms with Crippen LogP contribution in [0.1, 0.15) is 25.5 Å². The monoisotopic (exact) mass is 405 g/mol. The second-order valence-corrected chi connectivity index (χ2v) is 6.99. The van der Waals surface area contributed by atoms with Crippen LogP contribution in [0.15, 0.2) is 53.5 Å². The van der Waals surface area contributed by atoms with Crippen LogP contribution in [0.3, 0.4) is 0 Å². The van der Waals surface area contributed by atoms with Gasteiger partial charge in [0.15, 0.2) is 5.82 Å². The Morgan fingerprint density at radius 1 is 1.10 bits per heavy atom. The highest BCUT2D eigenvalue weighted by molar-refractivity contribution is 6.04. The van der Waals surface area contributed by atoms with Crippen molar-refractivity contribution in [1.29, 1.82) is 0 Å². The Balaban J connectivity index is 1.79. The standard InChI is InChI=1S/C22H23N5O3/c1-4-30-17-11-5-14(6-12-17)19-18(20(23)28)13(2)24-22-25-21(26-27(19)22)15-7-9-16(29-3)10-8-15/h5-12,18-19H,4H2,1-3H3,(H2,23,28). The van der Waals surface area contributed by atoms with E-state index in [1.807, 2.05) is 55.5 Å². The first-order valence-electron chi connectivity index (χ1n) is 9.70. The fraction of sp³-hybridized carbons (Fsp3) is 0.273. The third-order valence-electron chi connectivity index (χ3n) is 5.11. The third-order valence-corrected chi connectivity index (χ3v) is 5.11. The summed E-state index contributed by atoms with van der Waals surface area (Å²) in [6.07, 6.45) is 0. The molecule has 0 bridgehead atoms. The number of fused-ring (bicyclic) bond motifs is 1. The lowest BCUT2D eigenvalue weighted by molar-refractivity contribution is -0.120. The molecule has 4 rings (SSSR count). The SMILES string of the molecule is CCOc1ccc(C2C(C(N)=O)C(C)=Nc3nc(-c4ccc(OC)cc4)nn32)cc1. The molecule has 1 aliphatic rings. The lowest BCUT2D eigenvalue weighted by Crippen LogP contribution is -2.39. The number of ether oxygens (including phenoxy) is 2. The van der Waals surface area contributed by atoms with Gasteiger partial charge in [-0.15, -0.1) is 5.10 Å². The Hall–Kier alpha value is -3.68. The predicted molar refractivity (Wildman–Crippen MR) is 113 cm³/mol. The second-order valence-electron chi connectivity index (χ2n) is 6.99. The number of carbonyl (C=O) groups excluding carboxylic acids is 1. The molecule has 1 aromatic heterocycles. The van der Waals surface area contributed by atoms with Crippen LogP contribution >= 0.6 is 0 Å². The van der Waals surface area contributed by atoms with Gasteiger partial charge in [0.1, 0.15) is 17.4 Å². The van der Waals surface area contributed by atoms with Crippen LogP contribution in [-0.4, -0.2) is 40.1 Å².